The third-order valence-electron chi connectivity index (χ3n) is 5.22. The lowest BCUT2D eigenvalue weighted by Crippen LogP contribution is -2.39. The van der Waals surface area contributed by atoms with E-state index in [0.717, 1.165) is 55.3 Å². The number of aromatic nitrogens is 1. The Labute approximate surface area is 176 Å². The molecule has 1 aromatic heterocycles. The topological polar surface area (TPSA) is 52.4 Å². The van der Waals surface area contributed by atoms with Crippen molar-refractivity contribution >= 4 is 23.1 Å². The summed E-state index contributed by atoms with van der Waals surface area (Å²) in [5, 5.41) is 9.95. The molecule has 1 fully saturated rings. The Morgan fingerprint density at radius 1 is 1.21 bits per heavy atom. The first-order valence-corrected chi connectivity index (χ1v) is 10.2. The number of hydrogen-bond donors (Lipinski definition) is 0. The Bertz CT molecular complexity index is 987. The van der Waals surface area contributed by atoms with Crippen molar-refractivity contribution in [2.24, 2.45) is 0 Å². The van der Waals surface area contributed by atoms with Crippen LogP contribution < -0.4 is 14.5 Å². The van der Waals surface area contributed by atoms with Gasteiger partial charge < -0.3 is 14.5 Å². The van der Waals surface area contributed by atoms with Crippen molar-refractivity contribution in [3.05, 3.63) is 71.0 Å². The number of benzene rings is 1. The second kappa shape index (κ2) is 8.59. The van der Waals surface area contributed by atoms with E-state index in [1.165, 1.54) is 0 Å². The minimum atomic E-state index is 0.130. The fourth-order valence-corrected chi connectivity index (χ4v) is 3.84. The van der Waals surface area contributed by atoms with Gasteiger partial charge in [-0.3, -0.25) is 0 Å². The second-order valence-corrected chi connectivity index (χ2v) is 7.75. The Morgan fingerprint density at radius 3 is 2.76 bits per heavy atom. The van der Waals surface area contributed by atoms with Crippen molar-refractivity contribution in [1.29, 1.82) is 5.26 Å². The van der Waals surface area contributed by atoms with E-state index in [0.29, 0.717) is 10.6 Å². The number of nitrogens with zero attached hydrogens (tertiary/aromatic N) is 4. The maximum absolute atomic E-state index is 9.30. The zero-order chi connectivity index (χ0) is 20.2. The Morgan fingerprint density at radius 2 is 2.03 bits per heavy atom. The molecule has 0 atom stereocenters. The number of nitriles is 1. The summed E-state index contributed by atoms with van der Waals surface area (Å²) in [6.45, 7) is 4.49. The first-order valence-electron chi connectivity index (χ1n) is 9.82. The molecular weight excluding hydrogens is 384 g/mol. The van der Waals surface area contributed by atoms with Gasteiger partial charge in [0, 0.05) is 44.9 Å². The highest BCUT2D eigenvalue weighted by Gasteiger charge is 2.25. The molecule has 0 bridgehead atoms. The van der Waals surface area contributed by atoms with Crippen LogP contribution in [0.4, 0.5) is 11.5 Å². The van der Waals surface area contributed by atoms with Gasteiger partial charge in [0.25, 0.3) is 0 Å². The lowest BCUT2D eigenvalue weighted by molar-refractivity contribution is 0.171. The van der Waals surface area contributed by atoms with Crippen LogP contribution in [0.3, 0.4) is 0 Å². The molecule has 5 nitrogen and oxygen atoms in total. The number of halogens is 1. The fourth-order valence-electron chi connectivity index (χ4n) is 3.67. The molecule has 29 heavy (non-hydrogen) atoms. The van der Waals surface area contributed by atoms with Gasteiger partial charge in [-0.1, -0.05) is 29.8 Å². The van der Waals surface area contributed by atoms with Gasteiger partial charge in [0.2, 0.25) is 0 Å². The number of aryl methyl sites for hydroxylation is 1. The van der Waals surface area contributed by atoms with Crippen LogP contribution in [0, 0.1) is 18.3 Å². The fraction of sp³-hybridized carbons (Fsp3) is 0.304. The van der Waals surface area contributed by atoms with E-state index in [2.05, 4.69) is 26.9 Å². The van der Waals surface area contributed by atoms with E-state index in [-0.39, 0.29) is 6.10 Å². The quantitative estimate of drug-likeness (QED) is 0.726. The largest absolute Gasteiger partial charge is 0.489 e. The molecule has 1 aromatic carbocycles. The van der Waals surface area contributed by atoms with Gasteiger partial charge in [0.05, 0.1) is 16.3 Å². The highest BCUT2D eigenvalue weighted by Crippen LogP contribution is 2.33. The van der Waals surface area contributed by atoms with Crippen molar-refractivity contribution in [2.75, 3.05) is 29.4 Å². The predicted octanol–water partition coefficient (Wildman–Crippen LogP) is 4.85. The Kier molecular flexibility index (Phi) is 5.73. The third-order valence-corrected chi connectivity index (χ3v) is 5.54. The molecule has 2 aliphatic rings. The SMILES string of the molecule is Cc1ccc(Cl)c(OC2CCN(c3ncc(C#N)cc3N3C=CC=CC3)CC2)c1. The highest BCUT2D eigenvalue weighted by molar-refractivity contribution is 6.32. The van der Waals surface area contributed by atoms with Crippen molar-refractivity contribution in [3.63, 3.8) is 0 Å². The van der Waals surface area contributed by atoms with Crippen molar-refractivity contribution in [2.45, 2.75) is 25.9 Å². The van der Waals surface area contributed by atoms with Gasteiger partial charge in [-0.25, -0.2) is 4.98 Å². The standard InChI is InChI=1S/C23H23ClN4O/c1-17-5-6-20(24)22(13-17)29-19-7-11-28(12-8-19)23-21(14-18(15-25)16-26-23)27-9-3-2-4-10-27/h2-6,9,13-14,16,19H,7-8,10-12H2,1H3. The minimum Gasteiger partial charge on any atom is -0.489 e. The summed E-state index contributed by atoms with van der Waals surface area (Å²) in [5.41, 5.74) is 2.67. The molecule has 148 valence electrons. The van der Waals surface area contributed by atoms with Gasteiger partial charge in [-0.05, 0) is 36.8 Å². The number of ether oxygens (including phenoxy) is 1. The predicted molar refractivity (Wildman–Crippen MR) is 117 cm³/mol. The molecule has 1 saturated heterocycles. The molecule has 0 unspecified atom stereocenters. The maximum atomic E-state index is 9.30. The van der Waals surface area contributed by atoms with Crippen LogP contribution in [-0.4, -0.2) is 30.7 Å². The van der Waals surface area contributed by atoms with Crippen LogP contribution in [0.15, 0.2) is 54.9 Å². The molecule has 0 radical (unpaired) electrons. The molecule has 2 aromatic rings. The molecule has 0 spiro atoms. The van der Waals surface area contributed by atoms with E-state index in [1.54, 1.807) is 6.20 Å². The lowest BCUT2D eigenvalue weighted by Gasteiger charge is -2.35. The van der Waals surface area contributed by atoms with Crippen LogP contribution in [-0.2, 0) is 0 Å². The lowest BCUT2D eigenvalue weighted by atomic mass is 10.1. The Balaban J connectivity index is 1.48. The van der Waals surface area contributed by atoms with Gasteiger partial charge in [-0.2, -0.15) is 5.26 Å². The summed E-state index contributed by atoms with van der Waals surface area (Å²) < 4.78 is 6.18. The average Bonchev–Trinajstić information content (AvgIpc) is 2.77. The highest BCUT2D eigenvalue weighted by atomic mass is 35.5. The molecule has 6 heteroatoms. The molecule has 0 saturated carbocycles. The van der Waals surface area contributed by atoms with Crippen LogP contribution >= 0.6 is 11.6 Å². The molecule has 0 N–H and O–H groups in total. The number of anilines is 2. The second-order valence-electron chi connectivity index (χ2n) is 7.34. The smallest absolute Gasteiger partial charge is 0.152 e. The molecule has 2 aliphatic heterocycles. The number of pyridine rings is 1. The zero-order valence-corrected chi connectivity index (χ0v) is 17.1. The monoisotopic (exact) mass is 406 g/mol. The van der Waals surface area contributed by atoms with Crippen LogP contribution in [0.25, 0.3) is 0 Å². The van der Waals surface area contributed by atoms with Gasteiger partial charge in [-0.15, -0.1) is 0 Å². The van der Waals surface area contributed by atoms with E-state index in [9.17, 15) is 5.26 Å². The van der Waals surface area contributed by atoms with Crippen LogP contribution in [0.2, 0.25) is 5.02 Å². The van der Waals surface area contributed by atoms with E-state index in [1.807, 2.05) is 49.5 Å². The first-order chi connectivity index (χ1) is 14.1. The van der Waals surface area contributed by atoms with Crippen molar-refractivity contribution in [3.8, 4) is 11.8 Å². The molecule has 3 heterocycles. The summed E-state index contributed by atoms with van der Waals surface area (Å²) in [4.78, 5) is 9.03. The average molecular weight is 407 g/mol. The normalized spacial score (nSPS) is 16.7. The molecular formula is C23H23ClN4O. The zero-order valence-electron chi connectivity index (χ0n) is 16.4. The molecule has 0 aliphatic carbocycles. The molecule has 4 rings (SSSR count). The van der Waals surface area contributed by atoms with E-state index in [4.69, 9.17) is 16.3 Å². The number of rotatable bonds is 4. The first kappa shape index (κ1) is 19.4. The summed E-state index contributed by atoms with van der Waals surface area (Å²) in [5.74, 6) is 1.67. The summed E-state index contributed by atoms with van der Waals surface area (Å²) in [7, 11) is 0. The molecule has 0 amide bonds. The number of hydrogen-bond acceptors (Lipinski definition) is 5. The minimum absolute atomic E-state index is 0.130. The van der Waals surface area contributed by atoms with Gasteiger partial charge >= 0.3 is 0 Å². The maximum Gasteiger partial charge on any atom is 0.152 e. The van der Waals surface area contributed by atoms with Crippen LogP contribution in [0.5, 0.6) is 5.75 Å². The van der Waals surface area contributed by atoms with E-state index >= 15 is 0 Å². The summed E-state index contributed by atoms with van der Waals surface area (Å²) in [6.07, 6.45) is 11.7. The Hall–Kier alpha value is -2.97. The van der Waals surface area contributed by atoms with Crippen molar-refractivity contribution < 1.29 is 4.74 Å². The van der Waals surface area contributed by atoms with E-state index < -0.39 is 0 Å². The van der Waals surface area contributed by atoms with Gasteiger partial charge in [0.15, 0.2) is 5.82 Å². The summed E-state index contributed by atoms with van der Waals surface area (Å²) in [6, 6.07) is 9.98. The van der Waals surface area contributed by atoms with Crippen molar-refractivity contribution in [1.82, 2.24) is 4.98 Å². The summed E-state index contributed by atoms with van der Waals surface area (Å²) >= 11 is 6.29. The number of piperidine rings is 1. The number of allylic oxidation sites excluding steroid dienone is 2. The van der Waals surface area contributed by atoms with Crippen LogP contribution in [0.1, 0.15) is 24.0 Å². The van der Waals surface area contributed by atoms with Gasteiger partial charge in [0.1, 0.15) is 17.9 Å². The third kappa shape index (κ3) is 4.38.